The highest BCUT2D eigenvalue weighted by Crippen LogP contribution is 2.24. The molecule has 0 aliphatic rings. The molecule has 2 N–H and O–H groups in total. The minimum absolute atomic E-state index is 0.134. The van der Waals surface area contributed by atoms with E-state index < -0.39 is 0 Å². The molecule has 3 rings (SSSR count). The molecule has 0 bridgehead atoms. The van der Waals surface area contributed by atoms with Crippen molar-refractivity contribution in [3.8, 4) is 17.1 Å². The van der Waals surface area contributed by atoms with Crippen LogP contribution in [0, 0.1) is 0 Å². The van der Waals surface area contributed by atoms with Crippen LogP contribution < -0.4 is 5.43 Å². The molecule has 7 nitrogen and oxygen atoms in total. The zero-order valence-corrected chi connectivity index (χ0v) is 17.5. The van der Waals surface area contributed by atoms with Gasteiger partial charge in [-0.15, -0.1) is 16.8 Å². The minimum Gasteiger partial charge on any atom is -0.507 e. The quantitative estimate of drug-likeness (QED) is 0.238. The fourth-order valence-electron chi connectivity index (χ4n) is 2.85. The number of phenols is 1. The van der Waals surface area contributed by atoms with E-state index in [2.05, 4.69) is 27.3 Å². The molecular weight excluding hydrogens is 398 g/mol. The molecule has 0 radical (unpaired) electrons. The molecule has 0 atom stereocenters. The van der Waals surface area contributed by atoms with Crippen molar-refractivity contribution in [3.05, 3.63) is 72.3 Å². The number of allylic oxidation sites excluding steroid dienone is 1. The number of nitrogens with one attached hydrogen (secondary N) is 1. The highest BCUT2D eigenvalue weighted by atomic mass is 32.2. The minimum atomic E-state index is -0.273. The number of para-hydroxylation sites is 1. The molecule has 0 aliphatic heterocycles. The van der Waals surface area contributed by atoms with E-state index in [-0.39, 0.29) is 17.4 Å². The summed E-state index contributed by atoms with van der Waals surface area (Å²) in [5.41, 5.74) is 4.74. The lowest BCUT2D eigenvalue weighted by Crippen LogP contribution is -2.20. The van der Waals surface area contributed by atoms with E-state index in [9.17, 15) is 9.90 Å². The largest absolute Gasteiger partial charge is 0.507 e. The lowest BCUT2D eigenvalue weighted by atomic mass is 10.1. The number of aromatic nitrogens is 3. The predicted octanol–water partition coefficient (Wildman–Crippen LogP) is 3.64. The smallest absolute Gasteiger partial charge is 0.250 e. The first-order chi connectivity index (χ1) is 14.6. The highest BCUT2D eigenvalue weighted by Gasteiger charge is 2.14. The summed E-state index contributed by atoms with van der Waals surface area (Å²) in [5, 5.41) is 23.3. The van der Waals surface area contributed by atoms with Crippen molar-refractivity contribution in [3.63, 3.8) is 0 Å². The van der Waals surface area contributed by atoms with Crippen molar-refractivity contribution in [1.82, 2.24) is 20.2 Å². The first-order valence-corrected chi connectivity index (χ1v) is 10.5. The van der Waals surface area contributed by atoms with Crippen molar-refractivity contribution in [2.24, 2.45) is 5.10 Å². The van der Waals surface area contributed by atoms with E-state index >= 15 is 0 Å². The monoisotopic (exact) mass is 421 g/mol. The lowest BCUT2D eigenvalue weighted by molar-refractivity contribution is -0.118. The molecule has 1 heterocycles. The van der Waals surface area contributed by atoms with Crippen LogP contribution in [-0.2, 0) is 17.8 Å². The van der Waals surface area contributed by atoms with Gasteiger partial charge in [0.25, 0.3) is 5.91 Å². The van der Waals surface area contributed by atoms with Crippen LogP contribution in [0.3, 0.4) is 0 Å². The van der Waals surface area contributed by atoms with E-state index in [0.29, 0.717) is 23.7 Å². The third-order valence-electron chi connectivity index (χ3n) is 4.31. The van der Waals surface area contributed by atoms with Gasteiger partial charge in [0.1, 0.15) is 5.75 Å². The second-order valence-electron chi connectivity index (χ2n) is 6.35. The van der Waals surface area contributed by atoms with Crippen LogP contribution in [0.1, 0.15) is 18.1 Å². The molecule has 154 valence electrons. The van der Waals surface area contributed by atoms with Gasteiger partial charge in [-0.05, 0) is 25.0 Å². The van der Waals surface area contributed by atoms with Crippen LogP contribution in [0.25, 0.3) is 11.4 Å². The molecule has 0 saturated carbocycles. The number of rotatable bonds is 9. The third-order valence-corrected chi connectivity index (χ3v) is 5.27. The molecule has 0 aliphatic carbocycles. The normalized spacial score (nSPS) is 11.0. The number of hydrogen-bond donors (Lipinski definition) is 2. The maximum absolute atomic E-state index is 12.2. The van der Waals surface area contributed by atoms with Gasteiger partial charge < -0.3 is 9.67 Å². The van der Waals surface area contributed by atoms with Crippen molar-refractivity contribution in [1.29, 1.82) is 0 Å². The number of thioether (sulfide) groups is 1. The first kappa shape index (κ1) is 21.3. The van der Waals surface area contributed by atoms with Crippen molar-refractivity contribution < 1.29 is 9.90 Å². The zero-order valence-electron chi connectivity index (χ0n) is 16.7. The second-order valence-corrected chi connectivity index (χ2v) is 7.29. The molecule has 0 spiro atoms. The number of benzene rings is 2. The Kier molecular flexibility index (Phi) is 7.40. The van der Waals surface area contributed by atoms with Gasteiger partial charge in [0, 0.05) is 17.7 Å². The van der Waals surface area contributed by atoms with Gasteiger partial charge in [0.15, 0.2) is 11.0 Å². The molecule has 0 fully saturated rings. The fraction of sp³-hybridized carbons (Fsp3) is 0.182. The van der Waals surface area contributed by atoms with Crippen molar-refractivity contribution >= 4 is 23.9 Å². The lowest BCUT2D eigenvalue weighted by Gasteiger charge is -2.07. The standard InChI is InChI=1S/C22H23N5O2S/c1-3-9-16-12-8-13-18(20(16)29)14-23-24-19(28)15-30-22-26-25-21(27(22)4-2)17-10-6-5-7-11-17/h3,5-8,10-14,29H,1,4,9,15H2,2H3,(H,24,28). The average Bonchev–Trinajstić information content (AvgIpc) is 3.18. The second kappa shape index (κ2) is 10.4. The maximum Gasteiger partial charge on any atom is 0.250 e. The Morgan fingerprint density at radius 2 is 2.03 bits per heavy atom. The van der Waals surface area contributed by atoms with Gasteiger partial charge in [-0.2, -0.15) is 5.10 Å². The number of amides is 1. The molecule has 2 aromatic carbocycles. The predicted molar refractivity (Wildman–Crippen MR) is 120 cm³/mol. The number of hydrazone groups is 1. The summed E-state index contributed by atoms with van der Waals surface area (Å²) in [5.74, 6) is 0.778. The van der Waals surface area contributed by atoms with E-state index in [4.69, 9.17) is 0 Å². The molecule has 3 aromatic rings. The zero-order chi connectivity index (χ0) is 21.3. The molecule has 1 amide bonds. The van der Waals surface area contributed by atoms with E-state index in [1.165, 1.54) is 18.0 Å². The van der Waals surface area contributed by atoms with E-state index in [1.54, 1.807) is 12.1 Å². The van der Waals surface area contributed by atoms with Crippen LogP contribution in [0.4, 0.5) is 0 Å². The van der Waals surface area contributed by atoms with Gasteiger partial charge in [0.2, 0.25) is 0 Å². The van der Waals surface area contributed by atoms with Gasteiger partial charge in [0.05, 0.1) is 12.0 Å². The summed E-state index contributed by atoms with van der Waals surface area (Å²) in [7, 11) is 0. The highest BCUT2D eigenvalue weighted by molar-refractivity contribution is 7.99. The Balaban J connectivity index is 1.59. The van der Waals surface area contributed by atoms with Crippen LogP contribution in [0.15, 0.2) is 71.4 Å². The Hall–Kier alpha value is -3.39. The Labute approximate surface area is 179 Å². The third kappa shape index (κ3) is 5.15. The van der Waals surface area contributed by atoms with Gasteiger partial charge in [-0.3, -0.25) is 4.79 Å². The number of phenolic OH excluding ortho intramolecular Hbond substituents is 1. The van der Waals surface area contributed by atoms with Crippen LogP contribution in [-0.4, -0.2) is 37.7 Å². The van der Waals surface area contributed by atoms with Crippen LogP contribution >= 0.6 is 11.8 Å². The number of carbonyl (C=O) groups is 1. The topological polar surface area (TPSA) is 92.4 Å². The summed E-state index contributed by atoms with van der Waals surface area (Å²) in [6, 6.07) is 15.2. The Morgan fingerprint density at radius 1 is 1.23 bits per heavy atom. The average molecular weight is 422 g/mol. The van der Waals surface area contributed by atoms with Gasteiger partial charge in [-0.25, -0.2) is 5.43 Å². The van der Waals surface area contributed by atoms with Crippen LogP contribution in [0.2, 0.25) is 0 Å². The summed E-state index contributed by atoms with van der Waals surface area (Å²) < 4.78 is 1.97. The molecule has 8 heteroatoms. The molecule has 1 aromatic heterocycles. The van der Waals surface area contributed by atoms with E-state index in [0.717, 1.165) is 17.0 Å². The van der Waals surface area contributed by atoms with Crippen molar-refractivity contribution in [2.45, 2.75) is 25.0 Å². The Morgan fingerprint density at radius 3 is 2.77 bits per heavy atom. The molecule has 0 saturated heterocycles. The maximum atomic E-state index is 12.2. The molecular formula is C22H23N5O2S. The number of hydrogen-bond acceptors (Lipinski definition) is 6. The van der Waals surface area contributed by atoms with Gasteiger partial charge >= 0.3 is 0 Å². The van der Waals surface area contributed by atoms with Gasteiger partial charge in [-0.1, -0.05) is 60.3 Å². The van der Waals surface area contributed by atoms with Crippen LogP contribution in [0.5, 0.6) is 5.75 Å². The molecule has 0 unspecified atom stereocenters. The first-order valence-electron chi connectivity index (χ1n) is 9.49. The SMILES string of the molecule is C=CCc1cccc(C=NNC(=O)CSc2nnc(-c3ccccc3)n2CC)c1O. The summed E-state index contributed by atoms with van der Waals surface area (Å²) in [4.78, 5) is 12.2. The number of carbonyl (C=O) groups excluding carboxylic acids is 1. The summed E-state index contributed by atoms with van der Waals surface area (Å²) in [6.45, 7) is 6.38. The summed E-state index contributed by atoms with van der Waals surface area (Å²) >= 11 is 1.30. The van der Waals surface area contributed by atoms with E-state index in [1.807, 2.05) is 54.0 Å². The fourth-order valence-corrected chi connectivity index (χ4v) is 3.65. The molecule has 30 heavy (non-hydrogen) atoms. The number of nitrogens with zero attached hydrogens (tertiary/aromatic N) is 4. The number of aromatic hydroxyl groups is 1. The Bertz CT molecular complexity index is 1050. The summed E-state index contributed by atoms with van der Waals surface area (Å²) in [6.07, 6.45) is 3.69. The van der Waals surface area contributed by atoms with Crippen molar-refractivity contribution in [2.75, 3.05) is 5.75 Å².